The quantitative estimate of drug-likeness (QED) is 0.570. The Morgan fingerprint density at radius 2 is 2.05 bits per heavy atom. The minimum Gasteiger partial charge on any atom is -0.465 e. The second-order valence-electron chi connectivity index (χ2n) is 4.89. The molecule has 4 rings (SSSR count). The lowest BCUT2D eigenvalue weighted by Crippen LogP contribution is -2.23. The third kappa shape index (κ3) is 1.96. The minimum absolute atomic E-state index is 0.125. The van der Waals surface area contributed by atoms with Crippen LogP contribution in [0.1, 0.15) is 11.3 Å². The summed E-state index contributed by atoms with van der Waals surface area (Å²) in [5.74, 6) is 1.22. The molecule has 0 unspecified atom stereocenters. The second kappa shape index (κ2) is 4.92. The van der Waals surface area contributed by atoms with Crippen molar-refractivity contribution in [1.82, 2.24) is 14.6 Å². The zero-order chi connectivity index (χ0) is 15.1. The van der Waals surface area contributed by atoms with Gasteiger partial charge in [0.2, 0.25) is 4.96 Å². The van der Waals surface area contributed by atoms with Crippen LogP contribution in [0, 0.1) is 6.92 Å². The van der Waals surface area contributed by atoms with Gasteiger partial charge in [0.15, 0.2) is 5.82 Å². The Bertz CT molecular complexity index is 1060. The molecule has 0 N–H and O–H groups in total. The Labute approximate surface area is 129 Å². The molecule has 0 spiro atoms. The fraction of sp³-hybridized carbons (Fsp3) is 0.0625. The van der Waals surface area contributed by atoms with E-state index in [1.165, 1.54) is 11.3 Å². The number of benzene rings is 1. The number of aryl methyl sites for hydroxylation is 1. The highest BCUT2D eigenvalue weighted by Gasteiger charge is 2.15. The van der Waals surface area contributed by atoms with Gasteiger partial charge in [-0.3, -0.25) is 4.79 Å². The molecule has 1 aromatic carbocycles. The monoisotopic (exact) mass is 309 g/mol. The zero-order valence-corrected chi connectivity index (χ0v) is 12.5. The maximum Gasteiger partial charge on any atom is 0.276 e. The third-order valence-electron chi connectivity index (χ3n) is 3.45. The van der Waals surface area contributed by atoms with Gasteiger partial charge in [-0.05, 0) is 24.6 Å². The molecule has 0 atom stereocenters. The van der Waals surface area contributed by atoms with E-state index >= 15 is 0 Å². The topological polar surface area (TPSA) is 60.4 Å². The van der Waals surface area contributed by atoms with Crippen molar-refractivity contribution in [3.8, 4) is 11.4 Å². The molecule has 6 heteroatoms. The van der Waals surface area contributed by atoms with Crippen LogP contribution in [0.5, 0.6) is 0 Å². The van der Waals surface area contributed by atoms with Gasteiger partial charge in [-0.2, -0.15) is 0 Å². The summed E-state index contributed by atoms with van der Waals surface area (Å²) in [5.41, 5.74) is 1.84. The molecular weight excluding hydrogens is 298 g/mol. The van der Waals surface area contributed by atoms with Crippen LogP contribution < -0.4 is 10.1 Å². The van der Waals surface area contributed by atoms with Crippen LogP contribution in [-0.4, -0.2) is 14.6 Å². The molecule has 0 aliphatic rings. The predicted molar refractivity (Wildman–Crippen MR) is 84.8 cm³/mol. The molecule has 5 nitrogen and oxygen atoms in total. The summed E-state index contributed by atoms with van der Waals surface area (Å²) in [6, 6.07) is 11.4. The Hall–Kier alpha value is -2.73. The van der Waals surface area contributed by atoms with E-state index in [1.807, 2.05) is 37.3 Å². The first-order valence-corrected chi connectivity index (χ1v) is 7.55. The summed E-state index contributed by atoms with van der Waals surface area (Å²) >= 11 is 1.30. The maximum absolute atomic E-state index is 12.6. The van der Waals surface area contributed by atoms with Gasteiger partial charge in [-0.25, -0.2) is 4.40 Å². The lowest BCUT2D eigenvalue weighted by atomic mass is 10.1. The highest BCUT2D eigenvalue weighted by molar-refractivity contribution is 7.15. The van der Waals surface area contributed by atoms with Crippen molar-refractivity contribution in [3.05, 3.63) is 68.9 Å². The van der Waals surface area contributed by atoms with Crippen LogP contribution >= 0.6 is 11.3 Å². The number of furan rings is 1. The smallest absolute Gasteiger partial charge is 0.276 e. The van der Waals surface area contributed by atoms with Gasteiger partial charge < -0.3 is 4.42 Å². The molecule has 0 aliphatic carbocycles. The van der Waals surface area contributed by atoms with Gasteiger partial charge in [-0.15, -0.1) is 10.2 Å². The van der Waals surface area contributed by atoms with Gasteiger partial charge in [0.1, 0.15) is 10.3 Å². The molecule has 0 radical (unpaired) electrons. The van der Waals surface area contributed by atoms with Gasteiger partial charge in [0, 0.05) is 11.6 Å². The number of nitrogens with zero attached hydrogens (tertiary/aromatic N) is 3. The standard InChI is InChI=1S/C16H11N3O2S/c1-10-5-2-3-7-12(10)14-17-18-16-19(14)15(20)13(22-16)9-11-6-4-8-21-11/h2-9H,1H3/b13-9-. The molecule has 3 aromatic heterocycles. The number of hydrogen-bond acceptors (Lipinski definition) is 5. The molecule has 0 fully saturated rings. The van der Waals surface area contributed by atoms with E-state index < -0.39 is 0 Å². The second-order valence-corrected chi connectivity index (χ2v) is 5.90. The van der Waals surface area contributed by atoms with Crippen molar-refractivity contribution in [2.75, 3.05) is 0 Å². The zero-order valence-electron chi connectivity index (χ0n) is 11.7. The SMILES string of the molecule is Cc1ccccc1-c1nnc2s/c(=C\c3ccco3)c(=O)n12. The maximum atomic E-state index is 12.6. The number of aromatic nitrogens is 3. The van der Waals surface area contributed by atoms with Crippen molar-refractivity contribution in [2.24, 2.45) is 0 Å². The Morgan fingerprint density at radius 1 is 1.18 bits per heavy atom. The van der Waals surface area contributed by atoms with Crippen molar-refractivity contribution >= 4 is 22.4 Å². The molecule has 0 bridgehead atoms. The highest BCUT2D eigenvalue weighted by atomic mass is 32.1. The number of fused-ring (bicyclic) bond motifs is 1. The largest absolute Gasteiger partial charge is 0.465 e. The van der Waals surface area contributed by atoms with Crippen molar-refractivity contribution in [2.45, 2.75) is 6.92 Å². The van der Waals surface area contributed by atoms with Crippen LogP contribution in [0.4, 0.5) is 0 Å². The summed E-state index contributed by atoms with van der Waals surface area (Å²) < 4.78 is 7.40. The first kappa shape index (κ1) is 13.0. The van der Waals surface area contributed by atoms with E-state index in [-0.39, 0.29) is 5.56 Å². The van der Waals surface area contributed by atoms with E-state index in [4.69, 9.17) is 4.42 Å². The number of hydrogen-bond donors (Lipinski definition) is 0. The van der Waals surface area contributed by atoms with E-state index in [2.05, 4.69) is 10.2 Å². The fourth-order valence-electron chi connectivity index (χ4n) is 2.36. The summed E-state index contributed by atoms with van der Waals surface area (Å²) in [4.78, 5) is 13.2. The minimum atomic E-state index is -0.125. The summed E-state index contributed by atoms with van der Waals surface area (Å²) in [5, 5.41) is 8.30. The lowest BCUT2D eigenvalue weighted by molar-refractivity contribution is 0.556. The van der Waals surface area contributed by atoms with E-state index in [9.17, 15) is 4.79 Å². The Kier molecular flexibility index (Phi) is 2.90. The normalized spacial score (nSPS) is 12.3. The highest BCUT2D eigenvalue weighted by Crippen LogP contribution is 2.21. The van der Waals surface area contributed by atoms with Gasteiger partial charge in [-0.1, -0.05) is 35.6 Å². The van der Waals surface area contributed by atoms with Crippen LogP contribution in [0.2, 0.25) is 0 Å². The molecule has 3 heterocycles. The lowest BCUT2D eigenvalue weighted by Gasteiger charge is -2.00. The molecule has 108 valence electrons. The molecule has 0 amide bonds. The Morgan fingerprint density at radius 3 is 2.82 bits per heavy atom. The number of thiazole rings is 1. The van der Waals surface area contributed by atoms with Crippen LogP contribution in [0.15, 0.2) is 51.9 Å². The molecular formula is C16H11N3O2S. The van der Waals surface area contributed by atoms with Crippen molar-refractivity contribution in [3.63, 3.8) is 0 Å². The van der Waals surface area contributed by atoms with Gasteiger partial charge >= 0.3 is 0 Å². The molecule has 4 aromatic rings. The molecule has 0 aliphatic heterocycles. The predicted octanol–water partition coefficient (Wildman–Crippen LogP) is 2.27. The Balaban J connectivity index is 1.99. The van der Waals surface area contributed by atoms with E-state index in [1.54, 1.807) is 22.8 Å². The van der Waals surface area contributed by atoms with Gasteiger partial charge in [0.25, 0.3) is 5.56 Å². The molecule has 22 heavy (non-hydrogen) atoms. The number of rotatable bonds is 2. The average molecular weight is 309 g/mol. The molecule has 0 saturated carbocycles. The summed E-state index contributed by atoms with van der Waals surface area (Å²) in [7, 11) is 0. The molecule has 0 saturated heterocycles. The van der Waals surface area contributed by atoms with Crippen LogP contribution in [-0.2, 0) is 0 Å². The van der Waals surface area contributed by atoms with Crippen molar-refractivity contribution in [1.29, 1.82) is 0 Å². The fourth-order valence-corrected chi connectivity index (χ4v) is 3.26. The van der Waals surface area contributed by atoms with Crippen LogP contribution in [0.3, 0.4) is 0 Å². The van der Waals surface area contributed by atoms with Crippen LogP contribution in [0.25, 0.3) is 22.4 Å². The first-order valence-electron chi connectivity index (χ1n) is 6.73. The summed E-state index contributed by atoms with van der Waals surface area (Å²) in [6.07, 6.45) is 3.30. The first-order chi connectivity index (χ1) is 10.7. The average Bonchev–Trinajstić information content (AvgIpc) is 3.21. The van der Waals surface area contributed by atoms with Gasteiger partial charge in [0.05, 0.1) is 6.26 Å². The van der Waals surface area contributed by atoms with E-state index in [0.717, 1.165) is 11.1 Å². The summed E-state index contributed by atoms with van der Waals surface area (Å²) in [6.45, 7) is 1.99. The van der Waals surface area contributed by atoms with E-state index in [0.29, 0.717) is 21.1 Å². The third-order valence-corrected chi connectivity index (χ3v) is 4.41. The van der Waals surface area contributed by atoms with Crippen molar-refractivity contribution < 1.29 is 4.42 Å².